The second-order valence-corrected chi connectivity index (χ2v) is 6.94. The van der Waals surface area contributed by atoms with Crippen LogP contribution in [0.25, 0.3) is 0 Å². The Bertz CT molecular complexity index is 582. The van der Waals surface area contributed by atoms with Crippen molar-refractivity contribution in [1.82, 2.24) is 15.2 Å². The average Bonchev–Trinajstić information content (AvgIpc) is 2.84. The number of hydrogen-bond acceptors (Lipinski definition) is 6. The number of anilines is 1. The number of aromatic nitrogens is 3. The van der Waals surface area contributed by atoms with Crippen LogP contribution in [0.5, 0.6) is 0 Å². The van der Waals surface area contributed by atoms with Crippen molar-refractivity contribution in [1.29, 1.82) is 0 Å². The van der Waals surface area contributed by atoms with Crippen LogP contribution < -0.4 is 5.32 Å². The molecular formula is C13H16N4OS2. The molecular weight excluding hydrogens is 292 g/mol. The number of amides is 1. The maximum Gasteiger partial charge on any atom is 0.239 e. The first kappa shape index (κ1) is 14.9. The summed E-state index contributed by atoms with van der Waals surface area (Å²) in [5.74, 6) is 0.523. The zero-order valence-corrected chi connectivity index (χ0v) is 13.2. The number of carbonyl (C=O) groups is 1. The van der Waals surface area contributed by atoms with Crippen LogP contribution in [0, 0.1) is 13.8 Å². The lowest BCUT2D eigenvalue weighted by Crippen LogP contribution is -2.25. The SMILES string of the molecule is CCC(Sc1nnc(C)s1)C(=O)Nc1ccc(C)cn1. The lowest BCUT2D eigenvalue weighted by atomic mass is 10.3. The van der Waals surface area contributed by atoms with Gasteiger partial charge in [-0.1, -0.05) is 36.1 Å². The largest absolute Gasteiger partial charge is 0.310 e. The Morgan fingerprint density at radius 2 is 2.20 bits per heavy atom. The smallest absolute Gasteiger partial charge is 0.239 e. The molecule has 0 spiro atoms. The van der Waals surface area contributed by atoms with Gasteiger partial charge in [-0.3, -0.25) is 4.79 Å². The summed E-state index contributed by atoms with van der Waals surface area (Å²) in [5.41, 5.74) is 1.06. The van der Waals surface area contributed by atoms with Crippen LogP contribution in [-0.2, 0) is 4.79 Å². The number of nitrogens with zero attached hydrogens (tertiary/aromatic N) is 3. The minimum atomic E-state index is -0.189. The summed E-state index contributed by atoms with van der Waals surface area (Å²) in [7, 11) is 0. The molecule has 1 atom stereocenters. The van der Waals surface area contributed by atoms with Gasteiger partial charge in [0, 0.05) is 6.20 Å². The lowest BCUT2D eigenvalue weighted by molar-refractivity contribution is -0.115. The summed E-state index contributed by atoms with van der Waals surface area (Å²) in [5, 5.41) is 11.5. The van der Waals surface area contributed by atoms with Crippen LogP contribution in [0.2, 0.25) is 0 Å². The molecule has 2 heterocycles. The Hall–Kier alpha value is -1.47. The summed E-state index contributed by atoms with van der Waals surface area (Å²) >= 11 is 2.95. The van der Waals surface area contributed by atoms with E-state index >= 15 is 0 Å². The topological polar surface area (TPSA) is 67.8 Å². The van der Waals surface area contributed by atoms with Gasteiger partial charge in [0.25, 0.3) is 0 Å². The Labute approximate surface area is 126 Å². The summed E-state index contributed by atoms with van der Waals surface area (Å²) in [4.78, 5) is 16.4. The van der Waals surface area contributed by atoms with E-state index in [1.165, 1.54) is 23.1 Å². The summed E-state index contributed by atoms with van der Waals surface area (Å²) in [6.07, 6.45) is 2.46. The Morgan fingerprint density at radius 3 is 2.75 bits per heavy atom. The molecule has 2 rings (SSSR count). The maximum atomic E-state index is 12.2. The van der Waals surface area contributed by atoms with Gasteiger partial charge in [-0.25, -0.2) is 4.98 Å². The number of hydrogen-bond donors (Lipinski definition) is 1. The molecule has 1 amide bonds. The van der Waals surface area contributed by atoms with Crippen molar-refractivity contribution in [3.63, 3.8) is 0 Å². The molecule has 2 aromatic heterocycles. The van der Waals surface area contributed by atoms with Crippen LogP contribution in [0.15, 0.2) is 22.7 Å². The predicted octanol–water partition coefficient (Wildman–Crippen LogP) is 3.06. The lowest BCUT2D eigenvalue weighted by Gasteiger charge is -2.12. The number of rotatable bonds is 5. The van der Waals surface area contributed by atoms with Gasteiger partial charge in [0.05, 0.1) is 5.25 Å². The summed E-state index contributed by atoms with van der Waals surface area (Å²) in [6, 6.07) is 3.73. The highest BCUT2D eigenvalue weighted by Crippen LogP contribution is 2.28. The van der Waals surface area contributed by atoms with Crippen LogP contribution in [0.3, 0.4) is 0 Å². The van der Waals surface area contributed by atoms with E-state index < -0.39 is 0 Å². The van der Waals surface area contributed by atoms with Gasteiger partial charge in [0.1, 0.15) is 10.8 Å². The highest BCUT2D eigenvalue weighted by Gasteiger charge is 2.20. The van der Waals surface area contributed by atoms with Crippen LogP contribution in [0.4, 0.5) is 5.82 Å². The molecule has 0 bridgehead atoms. The van der Waals surface area contributed by atoms with E-state index in [1.807, 2.05) is 26.8 Å². The van der Waals surface area contributed by atoms with Crippen LogP contribution in [-0.4, -0.2) is 26.3 Å². The van der Waals surface area contributed by atoms with E-state index in [0.29, 0.717) is 5.82 Å². The van der Waals surface area contributed by atoms with Crippen molar-refractivity contribution in [3.05, 3.63) is 28.9 Å². The van der Waals surface area contributed by atoms with E-state index in [4.69, 9.17) is 0 Å². The molecule has 20 heavy (non-hydrogen) atoms. The quantitative estimate of drug-likeness (QED) is 0.860. The Kier molecular flexibility index (Phi) is 5.08. The van der Waals surface area contributed by atoms with Gasteiger partial charge in [-0.2, -0.15) is 0 Å². The van der Waals surface area contributed by atoms with Crippen LogP contribution >= 0.6 is 23.1 Å². The first-order chi connectivity index (χ1) is 9.58. The molecule has 0 aliphatic heterocycles. The van der Waals surface area contributed by atoms with Crippen molar-refractivity contribution >= 4 is 34.8 Å². The molecule has 1 unspecified atom stereocenters. The fourth-order valence-corrected chi connectivity index (χ4v) is 3.50. The van der Waals surface area contributed by atoms with Crippen molar-refractivity contribution in [3.8, 4) is 0 Å². The Balaban J connectivity index is 2.00. The molecule has 5 nitrogen and oxygen atoms in total. The molecule has 0 aliphatic rings. The maximum absolute atomic E-state index is 12.2. The summed E-state index contributed by atoms with van der Waals surface area (Å²) < 4.78 is 0.821. The van der Waals surface area contributed by atoms with Gasteiger partial charge in [-0.05, 0) is 31.9 Å². The zero-order chi connectivity index (χ0) is 14.5. The third kappa shape index (κ3) is 4.01. The monoisotopic (exact) mass is 308 g/mol. The third-order valence-electron chi connectivity index (χ3n) is 2.58. The van der Waals surface area contributed by atoms with Crippen molar-refractivity contribution in [2.75, 3.05) is 5.32 Å². The van der Waals surface area contributed by atoms with Crippen molar-refractivity contribution < 1.29 is 4.79 Å². The van der Waals surface area contributed by atoms with Crippen molar-refractivity contribution in [2.24, 2.45) is 0 Å². The highest BCUT2D eigenvalue weighted by molar-refractivity contribution is 8.02. The zero-order valence-electron chi connectivity index (χ0n) is 11.6. The molecule has 0 fully saturated rings. The van der Waals surface area contributed by atoms with Gasteiger partial charge in [0.2, 0.25) is 5.91 Å². The summed E-state index contributed by atoms with van der Waals surface area (Å²) in [6.45, 7) is 5.84. The van der Waals surface area contributed by atoms with E-state index in [2.05, 4.69) is 20.5 Å². The third-order valence-corrected chi connectivity index (χ3v) is 4.86. The molecule has 7 heteroatoms. The molecule has 0 aromatic carbocycles. The minimum Gasteiger partial charge on any atom is -0.310 e. The van der Waals surface area contributed by atoms with E-state index in [-0.39, 0.29) is 11.2 Å². The number of pyridine rings is 1. The van der Waals surface area contributed by atoms with Crippen molar-refractivity contribution in [2.45, 2.75) is 36.8 Å². The van der Waals surface area contributed by atoms with Gasteiger partial charge in [0.15, 0.2) is 4.34 Å². The molecule has 0 saturated heterocycles. The second kappa shape index (κ2) is 6.81. The van der Waals surface area contributed by atoms with E-state index in [9.17, 15) is 4.79 Å². The fraction of sp³-hybridized carbons (Fsp3) is 0.385. The first-order valence-electron chi connectivity index (χ1n) is 6.28. The van der Waals surface area contributed by atoms with E-state index in [0.717, 1.165) is 21.3 Å². The minimum absolute atomic E-state index is 0.0540. The Morgan fingerprint density at radius 1 is 1.40 bits per heavy atom. The number of nitrogens with one attached hydrogen (secondary N) is 1. The van der Waals surface area contributed by atoms with Gasteiger partial charge < -0.3 is 5.32 Å². The highest BCUT2D eigenvalue weighted by atomic mass is 32.2. The average molecular weight is 308 g/mol. The van der Waals surface area contributed by atoms with Gasteiger partial charge in [-0.15, -0.1) is 10.2 Å². The molecule has 106 valence electrons. The molecule has 1 N–H and O–H groups in total. The van der Waals surface area contributed by atoms with Gasteiger partial charge >= 0.3 is 0 Å². The number of aryl methyl sites for hydroxylation is 2. The predicted molar refractivity (Wildman–Crippen MR) is 82.2 cm³/mol. The molecule has 0 radical (unpaired) electrons. The normalized spacial score (nSPS) is 12.2. The molecule has 2 aromatic rings. The second-order valence-electron chi connectivity index (χ2n) is 4.31. The van der Waals surface area contributed by atoms with E-state index in [1.54, 1.807) is 12.3 Å². The molecule has 0 saturated carbocycles. The molecule has 0 aliphatic carbocycles. The van der Waals surface area contributed by atoms with Crippen LogP contribution in [0.1, 0.15) is 23.9 Å². The number of thioether (sulfide) groups is 1. The fourth-order valence-electron chi connectivity index (χ4n) is 1.52. The standard InChI is InChI=1S/C13H16N4OS2/c1-4-10(20-13-17-16-9(3)19-13)12(18)15-11-6-5-8(2)7-14-11/h5-7,10H,4H2,1-3H3,(H,14,15,18). The first-order valence-corrected chi connectivity index (χ1v) is 7.98. The number of carbonyl (C=O) groups excluding carboxylic acids is 1.